The third-order valence-electron chi connectivity index (χ3n) is 6.00. The molecule has 0 aromatic rings. The van der Waals surface area contributed by atoms with E-state index in [0.717, 1.165) is 32.4 Å². The third-order valence-corrected chi connectivity index (χ3v) is 6.00. The quantitative estimate of drug-likeness (QED) is 0.833. The van der Waals surface area contributed by atoms with Gasteiger partial charge in [0.15, 0.2) is 0 Å². The van der Waals surface area contributed by atoms with E-state index in [1.54, 1.807) is 0 Å². The van der Waals surface area contributed by atoms with E-state index in [-0.39, 0.29) is 29.6 Å². The van der Waals surface area contributed by atoms with Gasteiger partial charge in [-0.3, -0.25) is 4.79 Å². The van der Waals surface area contributed by atoms with Crippen molar-refractivity contribution in [3.63, 3.8) is 0 Å². The van der Waals surface area contributed by atoms with Crippen molar-refractivity contribution in [2.45, 2.75) is 77.0 Å². The lowest BCUT2D eigenvalue weighted by molar-refractivity contribution is -0.147. The molecule has 3 fully saturated rings. The van der Waals surface area contributed by atoms with Crippen LogP contribution in [0.4, 0.5) is 0 Å². The van der Waals surface area contributed by atoms with Crippen LogP contribution in [0.2, 0.25) is 0 Å². The topological polar surface area (TPSA) is 50.4 Å². The van der Waals surface area contributed by atoms with Crippen LogP contribution in [0, 0.1) is 11.3 Å². The van der Waals surface area contributed by atoms with Crippen molar-refractivity contribution in [3.8, 4) is 0 Å². The number of carbonyl (C=O) groups excluding carboxylic acids is 1. The van der Waals surface area contributed by atoms with Crippen molar-refractivity contribution in [2.75, 3.05) is 13.2 Å². The smallest absolute Gasteiger partial charge is 0.223 e. The second-order valence-electron chi connectivity index (χ2n) is 7.26. The van der Waals surface area contributed by atoms with E-state index < -0.39 is 0 Å². The summed E-state index contributed by atoms with van der Waals surface area (Å²) in [5.74, 6) is 0.487. The molecule has 1 amide bonds. The van der Waals surface area contributed by atoms with Crippen LogP contribution in [0.5, 0.6) is 0 Å². The summed E-state index contributed by atoms with van der Waals surface area (Å²) in [6.07, 6.45) is 8.38. The molecule has 0 bridgehead atoms. The number of amides is 1. The SMILES string of the molecule is CCOC1CC(NC(=O)[C@H]2CCN[C@@H](C)C2)C12CCCC2.Cl. The van der Waals surface area contributed by atoms with E-state index in [2.05, 4.69) is 24.5 Å². The number of carbonyl (C=O) groups is 1. The molecule has 3 rings (SSSR count). The second kappa shape index (κ2) is 7.50. The molecule has 0 radical (unpaired) electrons. The molecule has 1 aliphatic heterocycles. The fraction of sp³-hybridized carbons (Fsp3) is 0.941. The van der Waals surface area contributed by atoms with Crippen molar-refractivity contribution < 1.29 is 9.53 Å². The summed E-state index contributed by atoms with van der Waals surface area (Å²) >= 11 is 0. The Bertz CT molecular complexity index is 385. The first-order chi connectivity index (χ1) is 10.2. The number of rotatable bonds is 4. The number of ether oxygens (including phenoxy) is 1. The summed E-state index contributed by atoms with van der Waals surface area (Å²) in [7, 11) is 0. The highest BCUT2D eigenvalue weighted by Gasteiger charge is 2.57. The fourth-order valence-corrected chi connectivity index (χ4v) is 4.75. The molecule has 5 heteroatoms. The van der Waals surface area contributed by atoms with Crippen molar-refractivity contribution in [3.05, 3.63) is 0 Å². The Hall–Kier alpha value is -0.320. The van der Waals surface area contributed by atoms with E-state index >= 15 is 0 Å². The van der Waals surface area contributed by atoms with Crippen molar-refractivity contribution >= 4 is 18.3 Å². The summed E-state index contributed by atoms with van der Waals surface area (Å²) in [5.41, 5.74) is 0.254. The maximum atomic E-state index is 12.6. The molecule has 1 spiro atoms. The van der Waals surface area contributed by atoms with Gasteiger partial charge >= 0.3 is 0 Å². The Morgan fingerprint density at radius 3 is 2.68 bits per heavy atom. The highest BCUT2D eigenvalue weighted by Crippen LogP contribution is 2.54. The van der Waals surface area contributed by atoms with Crippen molar-refractivity contribution in [1.29, 1.82) is 0 Å². The van der Waals surface area contributed by atoms with Crippen molar-refractivity contribution in [2.24, 2.45) is 11.3 Å². The first-order valence-corrected chi connectivity index (χ1v) is 8.81. The van der Waals surface area contributed by atoms with Crippen LogP contribution in [-0.2, 0) is 9.53 Å². The normalized spacial score (nSPS) is 36.5. The van der Waals surface area contributed by atoms with Gasteiger partial charge in [0.05, 0.1) is 6.10 Å². The molecule has 2 unspecified atom stereocenters. The van der Waals surface area contributed by atoms with Crippen molar-refractivity contribution in [1.82, 2.24) is 10.6 Å². The molecule has 2 N–H and O–H groups in total. The zero-order valence-corrected chi connectivity index (χ0v) is 14.7. The molecule has 4 nitrogen and oxygen atoms in total. The van der Waals surface area contributed by atoms with Gasteiger partial charge in [0, 0.05) is 30.0 Å². The maximum Gasteiger partial charge on any atom is 0.223 e. The molecular formula is C17H31ClN2O2. The fourth-order valence-electron chi connectivity index (χ4n) is 4.75. The number of hydrogen-bond acceptors (Lipinski definition) is 3. The molecule has 1 saturated heterocycles. The second-order valence-corrected chi connectivity index (χ2v) is 7.26. The summed E-state index contributed by atoms with van der Waals surface area (Å²) in [6, 6.07) is 0.821. The lowest BCUT2D eigenvalue weighted by Crippen LogP contribution is -2.64. The summed E-state index contributed by atoms with van der Waals surface area (Å²) in [5, 5.41) is 6.80. The number of nitrogens with one attached hydrogen (secondary N) is 2. The van der Waals surface area contributed by atoms with Gasteiger partial charge < -0.3 is 15.4 Å². The van der Waals surface area contributed by atoms with Gasteiger partial charge in [0.1, 0.15) is 0 Å². The summed E-state index contributed by atoms with van der Waals surface area (Å²) < 4.78 is 5.93. The lowest BCUT2D eigenvalue weighted by atomic mass is 9.60. The molecule has 4 atom stereocenters. The van der Waals surface area contributed by atoms with Crippen LogP contribution < -0.4 is 10.6 Å². The number of hydrogen-bond donors (Lipinski definition) is 2. The molecule has 0 aromatic heterocycles. The summed E-state index contributed by atoms with van der Waals surface area (Å²) in [4.78, 5) is 12.6. The highest BCUT2D eigenvalue weighted by atomic mass is 35.5. The first-order valence-electron chi connectivity index (χ1n) is 8.81. The molecule has 2 saturated carbocycles. The van der Waals surface area contributed by atoms with E-state index in [4.69, 9.17) is 4.74 Å². The predicted molar refractivity (Wildman–Crippen MR) is 90.3 cm³/mol. The molecular weight excluding hydrogens is 300 g/mol. The largest absolute Gasteiger partial charge is 0.378 e. The minimum Gasteiger partial charge on any atom is -0.378 e. The highest BCUT2D eigenvalue weighted by molar-refractivity contribution is 5.85. The van der Waals surface area contributed by atoms with Crippen LogP contribution in [0.3, 0.4) is 0 Å². The maximum absolute atomic E-state index is 12.6. The molecule has 1 heterocycles. The zero-order valence-electron chi connectivity index (χ0n) is 13.9. The monoisotopic (exact) mass is 330 g/mol. The van der Waals surface area contributed by atoms with Crippen LogP contribution >= 0.6 is 12.4 Å². The average Bonchev–Trinajstić information content (AvgIpc) is 2.98. The number of halogens is 1. The van der Waals surface area contributed by atoms with E-state index in [1.165, 1.54) is 25.7 Å². The molecule has 3 aliphatic rings. The van der Waals surface area contributed by atoms with Gasteiger partial charge in [-0.05, 0) is 52.5 Å². The Labute approximate surface area is 140 Å². The average molecular weight is 331 g/mol. The zero-order chi connectivity index (χ0) is 14.9. The minimum atomic E-state index is 0. The van der Waals surface area contributed by atoms with E-state index in [0.29, 0.717) is 18.2 Å². The minimum absolute atomic E-state index is 0. The van der Waals surface area contributed by atoms with E-state index in [1.807, 2.05) is 0 Å². The Morgan fingerprint density at radius 1 is 1.32 bits per heavy atom. The Morgan fingerprint density at radius 2 is 2.05 bits per heavy atom. The lowest BCUT2D eigenvalue weighted by Gasteiger charge is -2.54. The van der Waals surface area contributed by atoms with Gasteiger partial charge in [-0.15, -0.1) is 12.4 Å². The molecule has 0 aromatic carbocycles. The first kappa shape index (κ1) is 18.0. The third kappa shape index (κ3) is 3.29. The van der Waals surface area contributed by atoms with Gasteiger partial charge in [-0.1, -0.05) is 12.8 Å². The number of piperidine rings is 1. The Balaban J connectivity index is 0.00000176. The van der Waals surface area contributed by atoms with Gasteiger partial charge in [0.2, 0.25) is 5.91 Å². The van der Waals surface area contributed by atoms with Gasteiger partial charge in [-0.25, -0.2) is 0 Å². The summed E-state index contributed by atoms with van der Waals surface area (Å²) in [6.45, 7) is 6.01. The van der Waals surface area contributed by atoms with Crippen LogP contribution in [0.15, 0.2) is 0 Å². The molecule has 2 aliphatic carbocycles. The predicted octanol–water partition coefficient (Wildman–Crippen LogP) is 2.65. The molecule has 22 heavy (non-hydrogen) atoms. The van der Waals surface area contributed by atoms with Crippen LogP contribution in [0.25, 0.3) is 0 Å². The Kier molecular flexibility index (Phi) is 6.14. The van der Waals surface area contributed by atoms with Crippen LogP contribution in [-0.4, -0.2) is 37.2 Å². The van der Waals surface area contributed by atoms with Crippen LogP contribution in [0.1, 0.15) is 58.8 Å². The van der Waals surface area contributed by atoms with E-state index in [9.17, 15) is 4.79 Å². The van der Waals surface area contributed by atoms with Gasteiger partial charge in [-0.2, -0.15) is 0 Å². The van der Waals surface area contributed by atoms with Gasteiger partial charge in [0.25, 0.3) is 0 Å². The standard InChI is InChI=1S/C17H30N2O2.ClH/c1-3-21-15-11-14(17(15)7-4-5-8-17)19-16(20)13-6-9-18-12(2)10-13;/h12-15,18H,3-11H2,1-2H3,(H,19,20);1H/t12-,13-,14?,15?;/m0./s1. The molecule has 128 valence electrons.